The van der Waals surface area contributed by atoms with Crippen molar-refractivity contribution in [3.63, 3.8) is 0 Å². The molecule has 26 atom stereocenters. The molecule has 11 N–H and O–H groups in total. The number of allylic oxidation sites excluding steroid dienone is 7. The van der Waals surface area contributed by atoms with Crippen LogP contribution in [0.25, 0.3) is 0 Å². The maximum absolute atomic E-state index is 14.2. The number of carboxylic acids is 1. The summed E-state index contributed by atoms with van der Waals surface area (Å²) >= 11 is 0. The number of carboxylic acid groups (broad SMARTS) is 1. The molecule has 8 aliphatic rings. The highest BCUT2D eigenvalue weighted by Crippen LogP contribution is 2.76. The largest absolute Gasteiger partial charge is 0.481 e. The van der Waals surface area contributed by atoms with E-state index in [0.717, 1.165) is 12.0 Å². The molecular formula is C60H92O22. The number of fused-ring (bicyclic) bond motifs is 7. The summed E-state index contributed by atoms with van der Waals surface area (Å²) in [6.07, 6.45) is -9.69. The molecule has 3 heterocycles. The monoisotopic (exact) mass is 1160 g/mol. The average molecular weight is 1170 g/mol. The number of ether oxygens (including phenoxy) is 8. The number of esters is 2. The summed E-state index contributed by atoms with van der Waals surface area (Å²) in [6, 6.07) is 0. The molecule has 1 unspecified atom stereocenters. The first-order valence-corrected chi connectivity index (χ1v) is 29.4. The predicted octanol–water partition coefficient (Wildman–Crippen LogP) is 2.10. The molecule has 8 rings (SSSR count). The lowest BCUT2D eigenvalue weighted by molar-refractivity contribution is -0.393. The van der Waals surface area contributed by atoms with E-state index in [1.165, 1.54) is 13.0 Å². The third-order valence-electron chi connectivity index (χ3n) is 21.5. The second kappa shape index (κ2) is 24.8. The maximum Gasteiger partial charge on any atom is 0.331 e. The molecular weight excluding hydrogens is 1070 g/mol. The van der Waals surface area contributed by atoms with Crippen LogP contribution in [-0.2, 0) is 52.3 Å². The van der Waals surface area contributed by atoms with Crippen LogP contribution in [0.4, 0.5) is 0 Å². The molecule has 0 spiro atoms. The Kier molecular flexibility index (Phi) is 19.6. The van der Waals surface area contributed by atoms with Gasteiger partial charge in [-0.25, -0.2) is 4.79 Å². The van der Waals surface area contributed by atoms with Gasteiger partial charge in [0.05, 0.1) is 32.5 Å². The molecule has 3 aliphatic heterocycles. The van der Waals surface area contributed by atoms with Crippen molar-refractivity contribution in [2.24, 2.45) is 56.2 Å². The van der Waals surface area contributed by atoms with E-state index in [0.29, 0.717) is 50.9 Å². The zero-order valence-corrected chi connectivity index (χ0v) is 48.8. The van der Waals surface area contributed by atoms with Gasteiger partial charge < -0.3 is 94.1 Å². The van der Waals surface area contributed by atoms with Crippen LogP contribution in [0, 0.1) is 56.2 Å². The van der Waals surface area contributed by atoms with Crippen molar-refractivity contribution in [3.05, 3.63) is 48.1 Å². The lowest BCUT2D eigenvalue weighted by Gasteiger charge is -2.71. The van der Waals surface area contributed by atoms with E-state index >= 15 is 0 Å². The smallest absolute Gasteiger partial charge is 0.331 e. The summed E-state index contributed by atoms with van der Waals surface area (Å²) in [4.78, 5) is 40.8. The topological polar surface area (TPSA) is 348 Å². The Morgan fingerprint density at radius 2 is 1.37 bits per heavy atom. The molecule has 0 radical (unpaired) electrons. The normalized spacial score (nSPS) is 47.9. The van der Waals surface area contributed by atoms with Gasteiger partial charge in [-0.3, -0.25) is 9.59 Å². The molecule has 3 saturated heterocycles. The number of aliphatic carboxylic acids is 1. The standard InChI is InChI=1S/C60H92O22/c1-10-30(2)15-13-11-12-14-16-40(66)80-49-50(76-31(3)64)60(54(73)74)24-23-58(8)32(33(60)25-55(49,4)5)17-18-38-56(6)21-20-39(57(7,29-63)37(56)19-22-59(38,58)9)79-53-48(82-52-45(71)43(69)42(68)35(26-61)77-52)46(72)47(36(27-62)78-53)81-51-44(70)41(67)34(65)28-75-51/h11-17,30,33-39,41-53,61-63,65,67-72H,10,18-29H2,1-9H3,(H,73,74)/b12-11+,15-13+,16-14-/t30?,33-,34-,35+,36+,37+,38+,39-,41-,42+,43-,44+,45+,46-,47+,48+,49-,50-,51-,52-,53-,56-,57+,58+,59+,60-/m0/s1. The molecule has 464 valence electrons. The molecule has 7 fully saturated rings. The number of hydrogen-bond acceptors (Lipinski definition) is 21. The first-order chi connectivity index (χ1) is 38.5. The fourth-order valence-corrected chi connectivity index (χ4v) is 16.4. The van der Waals surface area contributed by atoms with E-state index in [1.807, 2.05) is 32.9 Å². The number of hydrogen-bond donors (Lipinski definition) is 11. The van der Waals surface area contributed by atoms with Crippen molar-refractivity contribution < 1.29 is 108 Å². The van der Waals surface area contributed by atoms with E-state index in [9.17, 15) is 70.6 Å². The Bertz CT molecular complexity index is 2390. The Morgan fingerprint density at radius 3 is 2.01 bits per heavy atom. The van der Waals surface area contributed by atoms with E-state index in [2.05, 4.69) is 46.8 Å². The van der Waals surface area contributed by atoms with Crippen molar-refractivity contribution >= 4 is 17.9 Å². The van der Waals surface area contributed by atoms with Crippen LogP contribution >= 0.6 is 0 Å². The summed E-state index contributed by atoms with van der Waals surface area (Å²) in [5.41, 5.74) is -3.94. The average Bonchev–Trinajstić information content (AvgIpc) is 3.51. The highest BCUT2D eigenvalue weighted by molar-refractivity contribution is 5.83. The first-order valence-electron chi connectivity index (χ1n) is 29.4. The van der Waals surface area contributed by atoms with E-state index in [4.69, 9.17) is 37.9 Å². The number of carbonyl (C=O) groups is 3. The van der Waals surface area contributed by atoms with Gasteiger partial charge in [0.15, 0.2) is 25.0 Å². The summed E-state index contributed by atoms with van der Waals surface area (Å²) in [6.45, 7) is 15.6. The molecule has 82 heavy (non-hydrogen) atoms. The fraction of sp³-hybridized carbons (Fsp3) is 0.817. The number of rotatable bonds is 17. The van der Waals surface area contributed by atoms with Gasteiger partial charge in [-0.2, -0.15) is 0 Å². The zero-order valence-electron chi connectivity index (χ0n) is 48.8. The second-order valence-corrected chi connectivity index (χ2v) is 26.5. The summed E-state index contributed by atoms with van der Waals surface area (Å²) < 4.78 is 48.8. The minimum Gasteiger partial charge on any atom is -0.481 e. The van der Waals surface area contributed by atoms with Crippen LogP contribution in [0.15, 0.2) is 48.1 Å². The third kappa shape index (κ3) is 11.3. The van der Waals surface area contributed by atoms with Gasteiger partial charge in [-0.05, 0) is 85.4 Å². The molecule has 0 aromatic rings. The zero-order chi connectivity index (χ0) is 60.2. The highest BCUT2D eigenvalue weighted by atomic mass is 16.8. The second-order valence-electron chi connectivity index (χ2n) is 26.5. The van der Waals surface area contributed by atoms with Gasteiger partial charge in [-0.15, -0.1) is 0 Å². The van der Waals surface area contributed by atoms with Crippen molar-refractivity contribution in [1.29, 1.82) is 0 Å². The molecule has 0 bridgehead atoms. The maximum atomic E-state index is 14.2. The van der Waals surface area contributed by atoms with E-state index in [-0.39, 0.29) is 24.9 Å². The van der Waals surface area contributed by atoms with E-state index < -0.39 is 180 Å². The van der Waals surface area contributed by atoms with Gasteiger partial charge in [0.25, 0.3) is 0 Å². The SMILES string of the molecule is CCC(C)/C=C/C=C/C=C\C(=O)O[C@H]1[C@H](OC(C)=O)[C@]2(C(=O)O)CC[C@]3(C)C(=CC[C@@H]4[C@@]5(C)CC[C@H](O[C@@H]6O[C@H](CO)[C@@H](O[C@@H]7OC[C@H](O)[C@H](O)[C@H]7O)[C@H](O)[C@H]6O[C@@H]6O[C@H](CO)[C@@H](O)[C@H](O)[C@H]6O)[C@](C)(CO)[C@@H]5CC[C@]43C)[C@@H]2CC1(C)C. The lowest BCUT2D eigenvalue weighted by Crippen LogP contribution is -2.70. The molecule has 0 amide bonds. The Balaban J connectivity index is 1.07. The minimum atomic E-state index is -1.93. The Hall–Kier alpha value is -3.27. The van der Waals surface area contributed by atoms with Gasteiger partial charge in [0.2, 0.25) is 0 Å². The molecule has 22 heteroatoms. The molecule has 0 aromatic carbocycles. The molecule has 4 saturated carbocycles. The van der Waals surface area contributed by atoms with Crippen LogP contribution in [0.2, 0.25) is 0 Å². The van der Waals surface area contributed by atoms with Crippen LogP contribution in [-0.4, -0.2) is 205 Å². The van der Waals surface area contributed by atoms with Gasteiger partial charge in [0, 0.05) is 29.7 Å². The first kappa shape index (κ1) is 64.7. The van der Waals surface area contributed by atoms with Gasteiger partial charge in [-0.1, -0.05) is 104 Å². The van der Waals surface area contributed by atoms with Crippen LogP contribution in [0.1, 0.15) is 120 Å². The number of carbonyl (C=O) groups excluding carboxylic acids is 2. The number of aliphatic hydroxyl groups excluding tert-OH is 10. The molecule has 0 aromatic heterocycles. The van der Waals surface area contributed by atoms with Crippen LogP contribution in [0.5, 0.6) is 0 Å². The highest BCUT2D eigenvalue weighted by Gasteiger charge is 2.74. The third-order valence-corrected chi connectivity index (χ3v) is 21.5. The predicted molar refractivity (Wildman–Crippen MR) is 289 cm³/mol. The quantitative estimate of drug-likeness (QED) is 0.0327. The fourth-order valence-electron chi connectivity index (χ4n) is 16.4. The summed E-state index contributed by atoms with van der Waals surface area (Å²) in [7, 11) is 0. The molecule has 5 aliphatic carbocycles. The van der Waals surface area contributed by atoms with Crippen LogP contribution < -0.4 is 0 Å². The number of aliphatic hydroxyl groups is 10. The van der Waals surface area contributed by atoms with Crippen molar-refractivity contribution in [1.82, 2.24) is 0 Å². The lowest BCUT2D eigenvalue weighted by atomic mass is 9.33. The Morgan fingerprint density at radius 1 is 0.707 bits per heavy atom. The van der Waals surface area contributed by atoms with Crippen molar-refractivity contribution in [2.75, 3.05) is 26.4 Å². The van der Waals surface area contributed by atoms with Gasteiger partial charge >= 0.3 is 17.9 Å². The Labute approximate surface area is 480 Å². The van der Waals surface area contributed by atoms with E-state index in [1.54, 1.807) is 12.2 Å². The molecule has 22 nitrogen and oxygen atoms in total. The van der Waals surface area contributed by atoms with Gasteiger partial charge in [0.1, 0.15) is 78.7 Å². The van der Waals surface area contributed by atoms with Crippen molar-refractivity contribution in [3.8, 4) is 0 Å². The summed E-state index contributed by atoms with van der Waals surface area (Å²) in [5, 5.41) is 120. The van der Waals surface area contributed by atoms with Crippen molar-refractivity contribution in [2.45, 2.75) is 224 Å². The summed E-state index contributed by atoms with van der Waals surface area (Å²) in [5.74, 6) is -2.91. The minimum absolute atomic E-state index is 0.00119. The van der Waals surface area contributed by atoms with Crippen LogP contribution in [0.3, 0.4) is 0 Å².